The maximum absolute atomic E-state index is 10.4. The molecule has 0 aliphatic carbocycles. The fourth-order valence-corrected chi connectivity index (χ4v) is 1.21. The van der Waals surface area contributed by atoms with Crippen molar-refractivity contribution >= 4 is 11.7 Å². The van der Waals surface area contributed by atoms with Gasteiger partial charge in [-0.05, 0) is 18.5 Å². The van der Waals surface area contributed by atoms with Crippen LogP contribution >= 0.6 is 0 Å². The molecule has 6 nitrogen and oxygen atoms in total. The maximum atomic E-state index is 10.4. The van der Waals surface area contributed by atoms with Gasteiger partial charge in [-0.25, -0.2) is 0 Å². The van der Waals surface area contributed by atoms with Crippen LogP contribution in [0.2, 0.25) is 0 Å². The van der Waals surface area contributed by atoms with Gasteiger partial charge in [-0.3, -0.25) is 14.9 Å². The minimum Gasteiger partial charge on any atom is -0.480 e. The Morgan fingerprint density at radius 2 is 2.00 bits per heavy atom. The van der Waals surface area contributed by atoms with E-state index >= 15 is 0 Å². The number of benzene rings is 1. The highest BCUT2D eigenvalue weighted by atomic mass is 16.6. The van der Waals surface area contributed by atoms with Crippen LogP contribution in [0.3, 0.4) is 0 Å². The number of non-ortho nitro benzene ring substituents is 1. The molecule has 0 saturated carbocycles. The quantitative estimate of drug-likeness (QED) is 0.424. The van der Waals surface area contributed by atoms with Gasteiger partial charge in [-0.2, -0.15) is 0 Å². The van der Waals surface area contributed by atoms with E-state index in [-0.39, 0.29) is 12.2 Å². The van der Waals surface area contributed by atoms with Crippen molar-refractivity contribution in [3.8, 4) is 0 Å². The second kappa shape index (κ2) is 5.82. The van der Waals surface area contributed by atoms with Crippen molar-refractivity contribution in [1.29, 1.82) is 0 Å². The Balaban J connectivity index is 2.38. The molecule has 6 heteroatoms. The molecule has 2 N–H and O–H groups in total. The molecule has 1 aromatic carbocycles. The summed E-state index contributed by atoms with van der Waals surface area (Å²) in [6, 6.07) is 6.21. The number of nitrogens with zero attached hydrogens (tertiary/aromatic N) is 1. The van der Waals surface area contributed by atoms with E-state index in [2.05, 4.69) is 5.32 Å². The van der Waals surface area contributed by atoms with Crippen LogP contribution in [0.4, 0.5) is 5.69 Å². The molecule has 0 aliphatic heterocycles. The average molecular weight is 224 g/mol. The van der Waals surface area contributed by atoms with Gasteiger partial charge in [0, 0.05) is 12.1 Å². The Bertz CT molecular complexity index is 375. The van der Waals surface area contributed by atoms with E-state index in [0.29, 0.717) is 13.0 Å². The zero-order valence-corrected chi connectivity index (χ0v) is 8.55. The second-order valence-electron chi connectivity index (χ2n) is 3.24. The predicted octanol–water partition coefficient (Wildman–Crippen LogP) is 0.811. The van der Waals surface area contributed by atoms with Gasteiger partial charge in [0.05, 0.1) is 11.5 Å². The number of hydrogen-bond donors (Lipinski definition) is 2. The summed E-state index contributed by atoms with van der Waals surface area (Å²) in [5.41, 5.74) is 0.991. The number of nitro benzene ring substituents is 1. The second-order valence-corrected chi connectivity index (χ2v) is 3.24. The van der Waals surface area contributed by atoms with Gasteiger partial charge in [0.25, 0.3) is 5.69 Å². The summed E-state index contributed by atoms with van der Waals surface area (Å²) >= 11 is 0. The van der Waals surface area contributed by atoms with E-state index in [9.17, 15) is 14.9 Å². The van der Waals surface area contributed by atoms with Crippen LogP contribution in [0.1, 0.15) is 5.56 Å². The molecule has 16 heavy (non-hydrogen) atoms. The maximum Gasteiger partial charge on any atom is 0.317 e. The van der Waals surface area contributed by atoms with Crippen molar-refractivity contribution in [3.05, 3.63) is 39.9 Å². The van der Waals surface area contributed by atoms with Crippen LogP contribution in [0.5, 0.6) is 0 Å². The van der Waals surface area contributed by atoms with Crippen LogP contribution in [-0.4, -0.2) is 29.1 Å². The molecule has 0 amide bonds. The molecule has 0 unspecified atom stereocenters. The summed E-state index contributed by atoms with van der Waals surface area (Å²) in [6.07, 6.45) is 0.644. The zero-order valence-electron chi connectivity index (χ0n) is 8.55. The SMILES string of the molecule is O=C(O)CNCCc1ccc([N+](=O)[O-])cc1. The number of carboxylic acids is 1. The van der Waals surface area contributed by atoms with Crippen molar-refractivity contribution in [2.24, 2.45) is 0 Å². The molecule has 0 spiro atoms. The first-order valence-corrected chi connectivity index (χ1v) is 4.75. The van der Waals surface area contributed by atoms with Gasteiger partial charge in [0.1, 0.15) is 0 Å². The first-order chi connectivity index (χ1) is 7.59. The average Bonchev–Trinajstić information content (AvgIpc) is 2.25. The number of nitrogens with one attached hydrogen (secondary N) is 1. The summed E-state index contributed by atoms with van der Waals surface area (Å²) in [7, 11) is 0. The molecule has 0 bridgehead atoms. The Morgan fingerprint density at radius 1 is 1.38 bits per heavy atom. The molecule has 1 rings (SSSR count). The first-order valence-electron chi connectivity index (χ1n) is 4.75. The highest BCUT2D eigenvalue weighted by Gasteiger charge is 2.03. The molecule has 0 fully saturated rings. The van der Waals surface area contributed by atoms with Gasteiger partial charge in [0.2, 0.25) is 0 Å². The monoisotopic (exact) mass is 224 g/mol. The van der Waals surface area contributed by atoms with Gasteiger partial charge in [-0.15, -0.1) is 0 Å². The normalized spacial score (nSPS) is 10.0. The van der Waals surface area contributed by atoms with E-state index in [0.717, 1.165) is 5.56 Å². The molecule has 1 aromatic rings. The predicted molar refractivity (Wildman–Crippen MR) is 57.3 cm³/mol. The summed E-state index contributed by atoms with van der Waals surface area (Å²) in [5, 5.41) is 21.5. The molecule has 86 valence electrons. The third-order valence-corrected chi connectivity index (χ3v) is 2.01. The molecule has 0 aromatic heterocycles. The summed E-state index contributed by atoms with van der Waals surface area (Å²) in [4.78, 5) is 20.1. The fraction of sp³-hybridized carbons (Fsp3) is 0.300. The largest absolute Gasteiger partial charge is 0.480 e. The highest BCUT2D eigenvalue weighted by Crippen LogP contribution is 2.11. The number of carboxylic acid groups (broad SMARTS) is 1. The topological polar surface area (TPSA) is 92.5 Å². The molecule has 0 radical (unpaired) electrons. The lowest BCUT2D eigenvalue weighted by molar-refractivity contribution is -0.384. The fourth-order valence-electron chi connectivity index (χ4n) is 1.21. The van der Waals surface area contributed by atoms with Crippen LogP contribution in [0.25, 0.3) is 0 Å². The van der Waals surface area contributed by atoms with Crippen molar-refractivity contribution in [3.63, 3.8) is 0 Å². The van der Waals surface area contributed by atoms with E-state index in [4.69, 9.17) is 5.11 Å². The molecular weight excluding hydrogens is 212 g/mol. The van der Waals surface area contributed by atoms with E-state index in [1.54, 1.807) is 12.1 Å². The molecule has 0 saturated heterocycles. The molecule has 0 heterocycles. The Labute approximate surface area is 92.0 Å². The number of carbonyl (C=O) groups is 1. The molecular formula is C10H12N2O4. The lowest BCUT2D eigenvalue weighted by Gasteiger charge is -2.01. The van der Waals surface area contributed by atoms with Crippen molar-refractivity contribution in [2.75, 3.05) is 13.1 Å². The van der Waals surface area contributed by atoms with Gasteiger partial charge < -0.3 is 10.4 Å². The van der Waals surface area contributed by atoms with Crippen molar-refractivity contribution in [1.82, 2.24) is 5.32 Å². The number of aliphatic carboxylic acids is 1. The van der Waals surface area contributed by atoms with Gasteiger partial charge in [0.15, 0.2) is 0 Å². The zero-order chi connectivity index (χ0) is 12.0. The van der Waals surface area contributed by atoms with Gasteiger partial charge >= 0.3 is 5.97 Å². The highest BCUT2D eigenvalue weighted by molar-refractivity contribution is 5.68. The smallest absolute Gasteiger partial charge is 0.317 e. The number of rotatable bonds is 6. The Hall–Kier alpha value is -1.95. The number of hydrogen-bond acceptors (Lipinski definition) is 4. The Morgan fingerprint density at radius 3 is 2.50 bits per heavy atom. The number of nitro groups is 1. The lowest BCUT2D eigenvalue weighted by Crippen LogP contribution is -2.24. The minimum atomic E-state index is -0.899. The molecule has 0 atom stereocenters. The van der Waals surface area contributed by atoms with Crippen LogP contribution < -0.4 is 5.32 Å². The van der Waals surface area contributed by atoms with Crippen molar-refractivity contribution in [2.45, 2.75) is 6.42 Å². The van der Waals surface area contributed by atoms with Crippen LogP contribution in [-0.2, 0) is 11.2 Å². The van der Waals surface area contributed by atoms with Crippen LogP contribution in [0, 0.1) is 10.1 Å². The Kier molecular flexibility index (Phi) is 4.41. The lowest BCUT2D eigenvalue weighted by atomic mass is 10.1. The third-order valence-electron chi connectivity index (χ3n) is 2.01. The van der Waals surface area contributed by atoms with Crippen LogP contribution in [0.15, 0.2) is 24.3 Å². The van der Waals surface area contributed by atoms with E-state index in [1.165, 1.54) is 12.1 Å². The van der Waals surface area contributed by atoms with Crippen molar-refractivity contribution < 1.29 is 14.8 Å². The summed E-state index contributed by atoms with van der Waals surface area (Å²) in [5.74, 6) is -0.899. The summed E-state index contributed by atoms with van der Waals surface area (Å²) in [6.45, 7) is 0.455. The van der Waals surface area contributed by atoms with Gasteiger partial charge in [-0.1, -0.05) is 12.1 Å². The summed E-state index contributed by atoms with van der Waals surface area (Å²) < 4.78 is 0. The molecule has 0 aliphatic rings. The minimum absolute atomic E-state index is 0.0576. The van der Waals surface area contributed by atoms with E-state index in [1.807, 2.05) is 0 Å². The standard InChI is InChI=1S/C10H12N2O4/c13-10(14)7-11-6-5-8-1-3-9(4-2-8)12(15)16/h1-4,11H,5-7H2,(H,13,14). The third kappa shape index (κ3) is 4.05. The first kappa shape index (κ1) is 12.1. The van der Waals surface area contributed by atoms with E-state index < -0.39 is 10.9 Å².